The highest BCUT2D eigenvalue weighted by molar-refractivity contribution is 6.37. The molecular formula is C33H22Cl4N2O6. The van der Waals surface area contributed by atoms with Gasteiger partial charge in [0.05, 0.1) is 33.0 Å². The highest BCUT2D eigenvalue weighted by Gasteiger charge is 2.68. The number of rotatable bonds is 7. The Morgan fingerprint density at radius 3 is 1.82 bits per heavy atom. The molecule has 1 saturated heterocycles. The maximum Gasteiger partial charge on any atom is 0.345 e. The number of imide groups is 1. The first-order valence-corrected chi connectivity index (χ1v) is 15.7. The van der Waals surface area contributed by atoms with Gasteiger partial charge in [-0.05, 0) is 90.8 Å². The van der Waals surface area contributed by atoms with Crippen LogP contribution in [0.25, 0.3) is 0 Å². The number of ketones is 1. The van der Waals surface area contributed by atoms with Gasteiger partial charge in [-0.3, -0.25) is 19.2 Å². The number of halogens is 4. The maximum absolute atomic E-state index is 13.9. The summed E-state index contributed by atoms with van der Waals surface area (Å²) in [6, 6.07) is 14.2. The maximum atomic E-state index is 13.9. The molecule has 45 heavy (non-hydrogen) atoms. The number of hydrazine groups is 1. The summed E-state index contributed by atoms with van der Waals surface area (Å²) in [5, 5.41) is 2.53. The second kappa shape index (κ2) is 11.3. The van der Waals surface area contributed by atoms with Gasteiger partial charge in [0.2, 0.25) is 0 Å². The Bertz CT molecular complexity index is 1810. The second-order valence-corrected chi connectivity index (χ2v) is 13.3. The number of amides is 3. The van der Waals surface area contributed by atoms with E-state index in [1.165, 1.54) is 60.7 Å². The Labute approximate surface area is 277 Å². The van der Waals surface area contributed by atoms with Gasteiger partial charge in [0, 0.05) is 15.6 Å². The summed E-state index contributed by atoms with van der Waals surface area (Å²) in [5.74, 6) is -3.51. The average molecular weight is 684 g/mol. The van der Waals surface area contributed by atoms with E-state index in [9.17, 15) is 24.0 Å². The number of allylic oxidation sites excluding steroid dienone is 2. The molecule has 0 aromatic heterocycles. The van der Waals surface area contributed by atoms with Gasteiger partial charge < -0.3 is 4.74 Å². The quantitative estimate of drug-likeness (QED) is 0.0892. The van der Waals surface area contributed by atoms with Gasteiger partial charge in [0.1, 0.15) is 12.3 Å². The third kappa shape index (κ3) is 5.14. The molecule has 0 radical (unpaired) electrons. The summed E-state index contributed by atoms with van der Waals surface area (Å²) in [7, 11) is 0. The molecular weight excluding hydrogens is 662 g/mol. The van der Waals surface area contributed by atoms with Gasteiger partial charge >= 0.3 is 5.97 Å². The minimum absolute atomic E-state index is 0.0106. The van der Waals surface area contributed by atoms with Crippen LogP contribution in [0.1, 0.15) is 37.5 Å². The monoisotopic (exact) mass is 682 g/mol. The topological polar surface area (TPSA) is 101 Å². The molecule has 12 heteroatoms. The zero-order valence-electron chi connectivity index (χ0n) is 23.2. The molecule has 1 aliphatic heterocycles. The summed E-state index contributed by atoms with van der Waals surface area (Å²) >= 11 is 24.4. The molecule has 228 valence electrons. The smallest absolute Gasteiger partial charge is 0.345 e. The van der Waals surface area contributed by atoms with Crippen LogP contribution in [0.15, 0.2) is 72.8 Å². The van der Waals surface area contributed by atoms with Crippen LogP contribution in [0.5, 0.6) is 5.75 Å². The lowest BCUT2D eigenvalue weighted by molar-refractivity contribution is -0.154. The fourth-order valence-corrected chi connectivity index (χ4v) is 7.94. The van der Waals surface area contributed by atoms with Crippen molar-refractivity contribution >= 4 is 75.9 Å². The molecule has 2 saturated carbocycles. The van der Waals surface area contributed by atoms with Crippen LogP contribution >= 0.6 is 46.4 Å². The largest absolute Gasteiger partial charge is 0.423 e. The Morgan fingerprint density at radius 2 is 1.29 bits per heavy atom. The summed E-state index contributed by atoms with van der Waals surface area (Å²) in [6.07, 6.45) is 5.03. The highest BCUT2D eigenvalue weighted by Crippen LogP contribution is 2.65. The number of esters is 1. The van der Waals surface area contributed by atoms with Crippen molar-refractivity contribution in [1.29, 1.82) is 0 Å². The number of nitrogens with zero attached hydrogens (tertiary/aromatic N) is 2. The summed E-state index contributed by atoms with van der Waals surface area (Å²) in [6.45, 7) is -0.621. The molecule has 5 aliphatic rings. The number of benzene rings is 3. The van der Waals surface area contributed by atoms with E-state index in [4.69, 9.17) is 51.1 Å². The lowest BCUT2D eigenvalue weighted by Crippen LogP contribution is -2.52. The van der Waals surface area contributed by atoms with E-state index in [0.29, 0.717) is 21.9 Å². The molecule has 4 aliphatic carbocycles. The highest BCUT2D eigenvalue weighted by atomic mass is 35.5. The van der Waals surface area contributed by atoms with Crippen LogP contribution in [0.3, 0.4) is 0 Å². The first kappa shape index (κ1) is 30.0. The van der Waals surface area contributed by atoms with Crippen molar-refractivity contribution < 1.29 is 28.7 Å². The zero-order chi connectivity index (χ0) is 31.7. The Kier molecular flexibility index (Phi) is 7.52. The van der Waals surface area contributed by atoms with Crippen molar-refractivity contribution in [2.24, 2.45) is 35.5 Å². The van der Waals surface area contributed by atoms with E-state index in [1.807, 2.05) is 12.2 Å². The van der Waals surface area contributed by atoms with Gasteiger partial charge in [0.15, 0.2) is 5.78 Å². The van der Waals surface area contributed by atoms with Gasteiger partial charge in [-0.2, -0.15) is 5.01 Å². The van der Waals surface area contributed by atoms with Gasteiger partial charge in [-0.15, -0.1) is 0 Å². The number of carbonyl (C=O) groups excluding carboxylic acids is 5. The van der Waals surface area contributed by atoms with Crippen molar-refractivity contribution in [2.45, 2.75) is 6.42 Å². The molecule has 6 atom stereocenters. The number of hydrogen-bond donors (Lipinski definition) is 0. The van der Waals surface area contributed by atoms with Crippen LogP contribution in [0.4, 0.5) is 0 Å². The normalized spacial score (nSPS) is 25.6. The number of hydrogen-bond acceptors (Lipinski definition) is 6. The van der Waals surface area contributed by atoms with Crippen molar-refractivity contribution in [2.75, 3.05) is 6.54 Å². The Morgan fingerprint density at radius 1 is 0.756 bits per heavy atom. The minimum Gasteiger partial charge on any atom is -0.423 e. The number of ether oxygens (including phenoxy) is 1. The fourth-order valence-electron chi connectivity index (χ4n) is 6.97. The van der Waals surface area contributed by atoms with Gasteiger partial charge in [0.25, 0.3) is 17.7 Å². The lowest BCUT2D eigenvalue weighted by Gasteiger charge is -2.37. The van der Waals surface area contributed by atoms with Crippen LogP contribution in [0, 0.1) is 35.5 Å². The second-order valence-electron chi connectivity index (χ2n) is 11.6. The summed E-state index contributed by atoms with van der Waals surface area (Å²) in [4.78, 5) is 67.9. The van der Waals surface area contributed by atoms with E-state index < -0.39 is 47.9 Å². The standard InChI is InChI=1S/C33H22Cl4N2O6/c34-16-3-7-21(25(36)11-16)30(41)38(39-31(42)28-19-9-10-20(24-13-23(19)24)29(28)32(39)43)14-27(40)15-1-5-18(6-2-15)45-33(44)22-8-4-17(35)12-26(22)37/h1-12,19-20,23-24,28-29H,13-14H2/t19-,20-,23-,24-,28-,29+/m0/s1. The Hall–Kier alpha value is -3.69. The van der Waals surface area contributed by atoms with Crippen molar-refractivity contribution in [3.63, 3.8) is 0 Å². The molecule has 8 nitrogen and oxygen atoms in total. The van der Waals surface area contributed by atoms with Crippen molar-refractivity contribution in [1.82, 2.24) is 10.0 Å². The third-order valence-corrected chi connectivity index (χ3v) is 10.2. The first-order chi connectivity index (χ1) is 21.5. The SMILES string of the molecule is O=C(CN(C(=O)c1ccc(Cl)cc1Cl)N1C(=O)[C@@H]2[C@H]3C=C[C@@H]([C@@H]4C[C@@H]34)[C@@H]2C1=O)c1ccc(OC(=O)c2ccc(Cl)cc2Cl)cc1. The fraction of sp³-hybridized carbons (Fsp3) is 0.242. The molecule has 2 bridgehead atoms. The predicted octanol–water partition coefficient (Wildman–Crippen LogP) is 6.81. The third-order valence-electron chi connectivity index (χ3n) is 9.11. The molecule has 1 heterocycles. The van der Waals surface area contributed by atoms with E-state index in [2.05, 4.69) is 0 Å². The van der Waals surface area contributed by atoms with E-state index in [-0.39, 0.29) is 44.3 Å². The van der Waals surface area contributed by atoms with Crippen LogP contribution < -0.4 is 4.74 Å². The minimum atomic E-state index is -0.791. The lowest BCUT2D eigenvalue weighted by atomic mass is 9.63. The average Bonchev–Trinajstić information content (AvgIpc) is 3.79. The molecule has 3 aromatic rings. The number of carbonyl (C=O) groups is 5. The van der Waals surface area contributed by atoms with Crippen molar-refractivity contribution in [3.05, 3.63) is 110 Å². The molecule has 3 aromatic carbocycles. The molecule has 0 spiro atoms. The molecule has 3 amide bonds. The van der Waals surface area contributed by atoms with Crippen LogP contribution in [-0.2, 0) is 9.59 Å². The van der Waals surface area contributed by atoms with E-state index >= 15 is 0 Å². The van der Waals surface area contributed by atoms with Crippen LogP contribution in [0.2, 0.25) is 20.1 Å². The summed E-state index contributed by atoms with van der Waals surface area (Å²) < 4.78 is 5.39. The van der Waals surface area contributed by atoms with Gasteiger partial charge in [-0.25, -0.2) is 9.80 Å². The Balaban J connectivity index is 1.15. The van der Waals surface area contributed by atoms with Gasteiger partial charge in [-0.1, -0.05) is 58.6 Å². The van der Waals surface area contributed by atoms with Crippen molar-refractivity contribution in [3.8, 4) is 5.75 Å². The summed E-state index contributed by atoms with van der Waals surface area (Å²) in [5.41, 5.74) is 0.243. The predicted molar refractivity (Wildman–Crippen MR) is 166 cm³/mol. The molecule has 8 rings (SSSR count). The van der Waals surface area contributed by atoms with E-state index in [0.717, 1.165) is 16.4 Å². The first-order valence-electron chi connectivity index (χ1n) is 14.2. The molecule has 0 unspecified atom stereocenters. The van der Waals surface area contributed by atoms with Crippen LogP contribution in [-0.4, -0.2) is 46.0 Å². The van der Waals surface area contributed by atoms with E-state index in [1.54, 1.807) is 0 Å². The molecule has 0 N–H and O–H groups in total. The number of Topliss-reactive ketones (excluding diaryl/α,β-unsaturated/α-hetero) is 1. The molecule has 3 fully saturated rings. The zero-order valence-corrected chi connectivity index (χ0v) is 26.2.